The Morgan fingerprint density at radius 2 is 1.81 bits per heavy atom. The number of alkyl halides is 3. The van der Waals surface area contributed by atoms with Gasteiger partial charge in [0.15, 0.2) is 0 Å². The first-order valence-corrected chi connectivity index (χ1v) is 7.67. The average Bonchev–Trinajstić information content (AvgIpc) is 2.56. The van der Waals surface area contributed by atoms with Gasteiger partial charge >= 0.3 is 6.18 Å². The SMILES string of the molecule is O=C(CC(=O)Nc1cccc(C(F)(F)F)c1)N/N=C\c1ccccc1Cl. The molecule has 0 aliphatic heterocycles. The molecule has 0 aliphatic carbocycles. The standard InChI is InChI=1S/C17H13ClF3N3O2/c18-14-7-2-1-4-11(14)10-22-24-16(26)9-15(25)23-13-6-3-5-12(8-13)17(19,20)21/h1-8,10H,9H2,(H,23,25)(H,24,26)/b22-10-. The van der Waals surface area contributed by atoms with Crippen molar-refractivity contribution in [1.29, 1.82) is 0 Å². The van der Waals surface area contributed by atoms with Crippen LogP contribution in [-0.2, 0) is 15.8 Å². The van der Waals surface area contributed by atoms with E-state index in [0.717, 1.165) is 18.2 Å². The molecule has 0 unspecified atom stereocenters. The molecule has 0 fully saturated rings. The van der Waals surface area contributed by atoms with Crippen LogP contribution >= 0.6 is 11.6 Å². The molecular weight excluding hydrogens is 371 g/mol. The van der Waals surface area contributed by atoms with Gasteiger partial charge in [-0.05, 0) is 24.3 Å². The summed E-state index contributed by atoms with van der Waals surface area (Å²) < 4.78 is 37.9. The van der Waals surface area contributed by atoms with Crippen LogP contribution in [0.1, 0.15) is 17.5 Å². The Kier molecular flexibility index (Phi) is 6.35. The lowest BCUT2D eigenvalue weighted by Crippen LogP contribution is -2.24. The van der Waals surface area contributed by atoms with Crippen LogP contribution in [0.2, 0.25) is 5.02 Å². The van der Waals surface area contributed by atoms with Gasteiger partial charge in [-0.15, -0.1) is 0 Å². The van der Waals surface area contributed by atoms with Crippen molar-refractivity contribution in [3.63, 3.8) is 0 Å². The third-order valence-electron chi connectivity index (χ3n) is 3.09. The largest absolute Gasteiger partial charge is 0.416 e. The molecule has 0 bridgehead atoms. The maximum absolute atomic E-state index is 12.6. The number of amides is 2. The third kappa shape index (κ3) is 5.89. The number of hydrogen-bond acceptors (Lipinski definition) is 3. The fourth-order valence-electron chi connectivity index (χ4n) is 1.92. The Balaban J connectivity index is 1.88. The van der Waals surface area contributed by atoms with Gasteiger partial charge in [0, 0.05) is 16.3 Å². The number of rotatable bonds is 5. The van der Waals surface area contributed by atoms with E-state index in [9.17, 15) is 22.8 Å². The number of hydrogen-bond donors (Lipinski definition) is 2. The summed E-state index contributed by atoms with van der Waals surface area (Å²) in [5.41, 5.74) is 1.76. The maximum Gasteiger partial charge on any atom is 0.416 e. The minimum absolute atomic E-state index is 0.0582. The van der Waals surface area contributed by atoms with E-state index in [2.05, 4.69) is 15.8 Å². The lowest BCUT2D eigenvalue weighted by molar-refractivity contribution is -0.137. The van der Waals surface area contributed by atoms with Crippen LogP contribution in [0.5, 0.6) is 0 Å². The number of carbonyl (C=O) groups is 2. The van der Waals surface area contributed by atoms with E-state index < -0.39 is 30.0 Å². The van der Waals surface area contributed by atoms with Crippen molar-refractivity contribution in [3.05, 3.63) is 64.7 Å². The molecule has 0 atom stereocenters. The minimum atomic E-state index is -4.52. The van der Waals surface area contributed by atoms with E-state index in [1.54, 1.807) is 24.3 Å². The molecule has 0 saturated carbocycles. The van der Waals surface area contributed by atoms with E-state index in [1.807, 2.05) is 0 Å². The van der Waals surface area contributed by atoms with E-state index in [4.69, 9.17) is 11.6 Å². The Bertz CT molecular complexity index is 838. The zero-order valence-corrected chi connectivity index (χ0v) is 13.9. The Labute approximate surface area is 151 Å². The highest BCUT2D eigenvalue weighted by Crippen LogP contribution is 2.30. The van der Waals surface area contributed by atoms with Gasteiger partial charge in [0.2, 0.25) is 11.8 Å². The number of nitrogens with one attached hydrogen (secondary N) is 2. The summed E-state index contributed by atoms with van der Waals surface area (Å²) in [6, 6.07) is 10.9. The first-order chi connectivity index (χ1) is 12.3. The van der Waals surface area contributed by atoms with E-state index in [-0.39, 0.29) is 5.69 Å². The monoisotopic (exact) mass is 383 g/mol. The third-order valence-corrected chi connectivity index (χ3v) is 3.44. The molecule has 2 aromatic carbocycles. The Hall–Kier alpha value is -2.87. The fourth-order valence-corrected chi connectivity index (χ4v) is 2.10. The summed E-state index contributed by atoms with van der Waals surface area (Å²) in [7, 11) is 0. The summed E-state index contributed by atoms with van der Waals surface area (Å²) in [5.74, 6) is -1.49. The molecule has 0 heterocycles. The van der Waals surface area contributed by atoms with Gasteiger partial charge in [-0.25, -0.2) is 5.43 Å². The van der Waals surface area contributed by atoms with Gasteiger partial charge in [0.05, 0.1) is 11.8 Å². The molecule has 0 saturated heterocycles. The van der Waals surface area contributed by atoms with Crippen LogP contribution in [0.3, 0.4) is 0 Å². The molecule has 0 radical (unpaired) electrons. The molecule has 9 heteroatoms. The van der Waals surface area contributed by atoms with Gasteiger partial charge < -0.3 is 5.32 Å². The van der Waals surface area contributed by atoms with Crippen LogP contribution in [0.25, 0.3) is 0 Å². The minimum Gasteiger partial charge on any atom is -0.326 e. The van der Waals surface area contributed by atoms with Crippen LogP contribution < -0.4 is 10.7 Å². The van der Waals surface area contributed by atoms with Crippen LogP contribution in [0.4, 0.5) is 18.9 Å². The Morgan fingerprint density at radius 1 is 1.08 bits per heavy atom. The van der Waals surface area contributed by atoms with Gasteiger partial charge in [-0.3, -0.25) is 9.59 Å². The molecule has 26 heavy (non-hydrogen) atoms. The smallest absolute Gasteiger partial charge is 0.326 e. The highest BCUT2D eigenvalue weighted by molar-refractivity contribution is 6.33. The van der Waals surface area contributed by atoms with Crippen molar-refractivity contribution < 1.29 is 22.8 Å². The molecule has 2 amide bonds. The zero-order chi connectivity index (χ0) is 19.2. The van der Waals surface area contributed by atoms with Crippen LogP contribution in [-0.4, -0.2) is 18.0 Å². The highest BCUT2D eigenvalue weighted by Gasteiger charge is 2.30. The summed E-state index contributed by atoms with van der Waals surface area (Å²) in [5, 5.41) is 6.34. The lowest BCUT2D eigenvalue weighted by atomic mass is 10.2. The first-order valence-electron chi connectivity index (χ1n) is 7.29. The summed E-state index contributed by atoms with van der Waals surface area (Å²) in [4.78, 5) is 23.4. The summed E-state index contributed by atoms with van der Waals surface area (Å²) >= 11 is 5.91. The number of carbonyl (C=O) groups excluding carboxylic acids is 2. The second-order valence-corrected chi connectivity index (χ2v) is 5.53. The van der Waals surface area contributed by atoms with E-state index in [0.29, 0.717) is 10.6 Å². The molecular formula is C17H13ClF3N3O2. The van der Waals surface area contributed by atoms with Crippen molar-refractivity contribution in [3.8, 4) is 0 Å². The second-order valence-electron chi connectivity index (χ2n) is 5.12. The summed E-state index contributed by atoms with van der Waals surface area (Å²) in [6.45, 7) is 0. The van der Waals surface area contributed by atoms with Crippen LogP contribution in [0, 0.1) is 0 Å². The van der Waals surface area contributed by atoms with Crippen LogP contribution in [0.15, 0.2) is 53.6 Å². The maximum atomic E-state index is 12.6. The molecule has 5 nitrogen and oxygen atoms in total. The normalized spacial score (nSPS) is 11.4. The zero-order valence-electron chi connectivity index (χ0n) is 13.2. The van der Waals surface area contributed by atoms with Gasteiger partial charge in [-0.1, -0.05) is 35.9 Å². The quantitative estimate of drug-likeness (QED) is 0.468. The average molecular weight is 384 g/mol. The van der Waals surface area contributed by atoms with Crippen molar-refractivity contribution in [1.82, 2.24) is 5.43 Å². The number of hydrazone groups is 1. The fraction of sp³-hybridized carbons (Fsp3) is 0.118. The molecule has 2 N–H and O–H groups in total. The molecule has 0 aromatic heterocycles. The van der Waals surface area contributed by atoms with Gasteiger partial charge in [0.1, 0.15) is 6.42 Å². The predicted octanol–water partition coefficient (Wildman–Crippen LogP) is 3.84. The van der Waals surface area contributed by atoms with E-state index >= 15 is 0 Å². The molecule has 136 valence electrons. The molecule has 2 aromatic rings. The highest BCUT2D eigenvalue weighted by atomic mass is 35.5. The van der Waals surface area contributed by atoms with E-state index in [1.165, 1.54) is 12.3 Å². The second kappa shape index (κ2) is 8.48. The van der Waals surface area contributed by atoms with Crippen molar-refractivity contribution in [2.75, 3.05) is 5.32 Å². The van der Waals surface area contributed by atoms with Gasteiger partial charge in [-0.2, -0.15) is 18.3 Å². The number of benzene rings is 2. The molecule has 2 rings (SSSR count). The molecule has 0 aliphatic rings. The summed E-state index contributed by atoms with van der Waals surface area (Å²) in [6.07, 6.45) is -3.81. The first kappa shape index (κ1) is 19.5. The van der Waals surface area contributed by atoms with Crippen molar-refractivity contribution >= 4 is 35.3 Å². The number of nitrogens with zero attached hydrogens (tertiary/aromatic N) is 1. The lowest BCUT2D eigenvalue weighted by Gasteiger charge is -2.09. The Morgan fingerprint density at radius 3 is 2.50 bits per heavy atom. The van der Waals surface area contributed by atoms with Gasteiger partial charge in [0.25, 0.3) is 0 Å². The predicted molar refractivity (Wildman–Crippen MR) is 91.9 cm³/mol. The van der Waals surface area contributed by atoms with Crippen molar-refractivity contribution in [2.24, 2.45) is 5.10 Å². The van der Waals surface area contributed by atoms with Crippen molar-refractivity contribution in [2.45, 2.75) is 12.6 Å². The number of anilines is 1. The molecule has 0 spiro atoms. The topological polar surface area (TPSA) is 70.6 Å². The number of halogens is 4.